The minimum Gasteiger partial charge on any atom is -0.392 e. The van der Waals surface area contributed by atoms with Gasteiger partial charge in [0.25, 0.3) is 0 Å². The molecule has 0 unspecified atom stereocenters. The third kappa shape index (κ3) is 6.24. The van der Waals surface area contributed by atoms with Gasteiger partial charge in [0.05, 0.1) is 12.2 Å². The van der Waals surface area contributed by atoms with E-state index in [1.54, 1.807) is 0 Å². The van der Waals surface area contributed by atoms with Crippen molar-refractivity contribution in [2.75, 3.05) is 0 Å². The number of hydrogen-bond acceptors (Lipinski definition) is 3. The van der Waals surface area contributed by atoms with E-state index in [1.165, 1.54) is 18.4 Å². The van der Waals surface area contributed by atoms with Gasteiger partial charge in [0.15, 0.2) is 0 Å². The fraction of sp³-hybridized carbons (Fsp3) is 0.773. The van der Waals surface area contributed by atoms with Crippen LogP contribution in [0, 0.1) is 23.7 Å². The summed E-state index contributed by atoms with van der Waals surface area (Å²) in [7, 11) is 0. The summed E-state index contributed by atoms with van der Waals surface area (Å²) < 4.78 is 0. The Balaban J connectivity index is 1.82. The first-order valence-corrected chi connectivity index (χ1v) is 10.4. The SMILES string of the molecule is CCCC[C@H](C)C[C@H](O)/C=C/[C@@H]1[C@H]2CC(CCCC(N)=O)=C[C@H]2C[C@H]1O. The Hall–Kier alpha value is -1.13. The standard InChI is InChI=1S/C22H37NO3/c1-3-4-6-15(2)11-18(24)9-10-19-20-13-16(7-5-8-22(23)26)12-17(20)14-21(19)25/h9-10,12,15,17-21,24-25H,3-8,11,13-14H2,1-2H3,(H2,23,26)/b10-9+/t15-,17-,18+,19+,20-,21+/m0/s1. The molecule has 1 fully saturated rings. The second-order valence-electron chi connectivity index (χ2n) is 8.49. The Bertz CT molecular complexity index is 514. The largest absolute Gasteiger partial charge is 0.392 e. The van der Waals surface area contributed by atoms with E-state index >= 15 is 0 Å². The summed E-state index contributed by atoms with van der Waals surface area (Å²) in [6.07, 6.45) is 13.9. The van der Waals surface area contributed by atoms with Gasteiger partial charge in [0.2, 0.25) is 5.91 Å². The molecule has 4 heteroatoms. The molecule has 0 bridgehead atoms. The van der Waals surface area contributed by atoms with Crippen LogP contribution >= 0.6 is 0 Å². The average Bonchev–Trinajstić information content (AvgIpc) is 3.07. The van der Waals surface area contributed by atoms with Gasteiger partial charge in [0, 0.05) is 12.3 Å². The summed E-state index contributed by atoms with van der Waals surface area (Å²) in [5, 5.41) is 20.7. The van der Waals surface area contributed by atoms with E-state index in [-0.39, 0.29) is 17.9 Å². The molecule has 4 N–H and O–H groups in total. The fourth-order valence-corrected chi connectivity index (χ4v) is 4.70. The van der Waals surface area contributed by atoms with E-state index in [2.05, 4.69) is 26.0 Å². The highest BCUT2D eigenvalue weighted by atomic mass is 16.3. The van der Waals surface area contributed by atoms with Crippen LogP contribution in [-0.2, 0) is 4.79 Å². The maximum Gasteiger partial charge on any atom is 0.217 e. The highest BCUT2D eigenvalue weighted by molar-refractivity contribution is 5.73. The summed E-state index contributed by atoms with van der Waals surface area (Å²) in [6, 6.07) is 0. The van der Waals surface area contributed by atoms with Crippen molar-refractivity contribution in [3.8, 4) is 0 Å². The van der Waals surface area contributed by atoms with Crippen LogP contribution in [0.3, 0.4) is 0 Å². The number of hydrogen-bond donors (Lipinski definition) is 3. The van der Waals surface area contributed by atoms with Crippen LogP contribution in [0.25, 0.3) is 0 Å². The Morgan fingerprint density at radius 3 is 2.88 bits per heavy atom. The molecule has 1 amide bonds. The third-order valence-corrected chi connectivity index (χ3v) is 6.12. The molecule has 0 spiro atoms. The van der Waals surface area contributed by atoms with Gasteiger partial charge in [-0.05, 0) is 49.9 Å². The van der Waals surface area contributed by atoms with Crippen LogP contribution in [0.4, 0.5) is 0 Å². The molecule has 4 nitrogen and oxygen atoms in total. The number of carbonyl (C=O) groups excluding carboxylic acids is 1. The second-order valence-corrected chi connectivity index (χ2v) is 8.49. The molecule has 148 valence electrons. The molecule has 0 aliphatic heterocycles. The van der Waals surface area contributed by atoms with Crippen LogP contribution in [0.15, 0.2) is 23.8 Å². The lowest BCUT2D eigenvalue weighted by Crippen LogP contribution is -2.18. The van der Waals surface area contributed by atoms with Crippen molar-refractivity contribution in [1.29, 1.82) is 0 Å². The van der Waals surface area contributed by atoms with Crippen molar-refractivity contribution in [1.82, 2.24) is 0 Å². The minimum absolute atomic E-state index is 0.130. The first-order valence-electron chi connectivity index (χ1n) is 10.4. The smallest absolute Gasteiger partial charge is 0.217 e. The molecule has 0 aromatic heterocycles. The average molecular weight is 364 g/mol. The first-order chi connectivity index (χ1) is 12.4. The van der Waals surface area contributed by atoms with Gasteiger partial charge < -0.3 is 15.9 Å². The zero-order valence-electron chi connectivity index (χ0n) is 16.4. The molecule has 2 aliphatic rings. The van der Waals surface area contributed by atoms with Crippen molar-refractivity contribution in [2.45, 2.75) is 83.8 Å². The summed E-state index contributed by atoms with van der Waals surface area (Å²) in [5.41, 5.74) is 6.62. The predicted octanol–water partition coefficient (Wildman–Crippen LogP) is 3.72. The van der Waals surface area contributed by atoms with E-state index in [1.807, 2.05) is 6.08 Å². The van der Waals surface area contributed by atoms with Gasteiger partial charge in [-0.1, -0.05) is 56.9 Å². The summed E-state index contributed by atoms with van der Waals surface area (Å²) in [4.78, 5) is 10.9. The number of fused-ring (bicyclic) bond motifs is 1. The minimum atomic E-state index is -0.419. The predicted molar refractivity (Wildman–Crippen MR) is 105 cm³/mol. The monoisotopic (exact) mass is 363 g/mol. The van der Waals surface area contributed by atoms with Gasteiger partial charge in [-0.3, -0.25) is 4.79 Å². The molecule has 26 heavy (non-hydrogen) atoms. The van der Waals surface area contributed by atoms with Crippen LogP contribution in [-0.4, -0.2) is 28.3 Å². The third-order valence-electron chi connectivity index (χ3n) is 6.12. The number of amides is 1. The zero-order valence-corrected chi connectivity index (χ0v) is 16.4. The Morgan fingerprint density at radius 2 is 2.19 bits per heavy atom. The fourth-order valence-electron chi connectivity index (χ4n) is 4.70. The topological polar surface area (TPSA) is 83.5 Å². The second kappa shape index (κ2) is 10.3. The number of carbonyl (C=O) groups is 1. The molecule has 0 saturated heterocycles. The van der Waals surface area contributed by atoms with Gasteiger partial charge in [-0.15, -0.1) is 0 Å². The number of nitrogens with two attached hydrogens (primary N) is 1. The molecule has 0 aromatic rings. The molecule has 2 rings (SSSR count). The maximum atomic E-state index is 10.9. The zero-order chi connectivity index (χ0) is 19.1. The molecule has 0 radical (unpaired) electrons. The first kappa shape index (κ1) is 21.2. The Labute approximate surface area is 158 Å². The highest BCUT2D eigenvalue weighted by Crippen LogP contribution is 2.48. The van der Waals surface area contributed by atoms with Crippen molar-refractivity contribution in [2.24, 2.45) is 29.4 Å². The van der Waals surface area contributed by atoms with Gasteiger partial charge in [0.1, 0.15) is 0 Å². The highest BCUT2D eigenvalue weighted by Gasteiger charge is 2.43. The van der Waals surface area contributed by atoms with Crippen LogP contribution in [0.5, 0.6) is 0 Å². The van der Waals surface area contributed by atoms with Crippen LogP contribution < -0.4 is 5.73 Å². The number of allylic oxidation sites excluding steroid dienone is 2. The van der Waals surface area contributed by atoms with Crippen molar-refractivity contribution in [3.63, 3.8) is 0 Å². The lowest BCUT2D eigenvalue weighted by atomic mass is 9.88. The van der Waals surface area contributed by atoms with Crippen molar-refractivity contribution in [3.05, 3.63) is 23.8 Å². The molecule has 2 aliphatic carbocycles. The normalized spacial score (nSPS) is 30.4. The maximum absolute atomic E-state index is 10.9. The quantitative estimate of drug-likeness (QED) is 0.489. The molecule has 1 saturated carbocycles. The Kier molecular flexibility index (Phi) is 8.36. The van der Waals surface area contributed by atoms with Gasteiger partial charge >= 0.3 is 0 Å². The van der Waals surface area contributed by atoms with E-state index in [0.29, 0.717) is 24.2 Å². The van der Waals surface area contributed by atoms with E-state index in [0.717, 1.165) is 38.5 Å². The number of aliphatic hydroxyl groups is 2. The van der Waals surface area contributed by atoms with Crippen molar-refractivity contribution >= 4 is 5.91 Å². The number of rotatable bonds is 11. The van der Waals surface area contributed by atoms with E-state index in [4.69, 9.17) is 5.73 Å². The molecular weight excluding hydrogens is 326 g/mol. The number of primary amides is 1. The molecule has 0 aromatic carbocycles. The van der Waals surface area contributed by atoms with Crippen LogP contribution in [0.2, 0.25) is 0 Å². The molecule has 6 atom stereocenters. The van der Waals surface area contributed by atoms with E-state index in [9.17, 15) is 15.0 Å². The summed E-state index contributed by atoms with van der Waals surface area (Å²) >= 11 is 0. The van der Waals surface area contributed by atoms with Gasteiger partial charge in [-0.2, -0.15) is 0 Å². The molecule has 0 heterocycles. The van der Waals surface area contributed by atoms with Crippen molar-refractivity contribution < 1.29 is 15.0 Å². The van der Waals surface area contributed by atoms with E-state index < -0.39 is 6.10 Å². The lowest BCUT2D eigenvalue weighted by molar-refractivity contribution is -0.118. The molecular formula is C22H37NO3. The Morgan fingerprint density at radius 1 is 1.42 bits per heavy atom. The lowest BCUT2D eigenvalue weighted by Gasteiger charge is -2.19. The number of aliphatic hydroxyl groups excluding tert-OH is 2. The summed E-state index contributed by atoms with van der Waals surface area (Å²) in [5.74, 6) is 1.30. The number of unbranched alkanes of at least 4 members (excludes halogenated alkanes) is 1. The van der Waals surface area contributed by atoms with Gasteiger partial charge in [-0.25, -0.2) is 0 Å². The van der Waals surface area contributed by atoms with Crippen LogP contribution in [0.1, 0.15) is 71.6 Å². The summed E-state index contributed by atoms with van der Waals surface area (Å²) in [6.45, 7) is 4.39.